The molecule has 0 radical (unpaired) electrons. The van der Waals surface area contributed by atoms with Gasteiger partial charge in [-0.1, -0.05) is 81.4 Å². The van der Waals surface area contributed by atoms with Crippen molar-refractivity contribution in [2.75, 3.05) is 54.1 Å². The number of aromatic hydroxyl groups is 1. The Hall–Kier alpha value is -4.68. The summed E-state index contributed by atoms with van der Waals surface area (Å²) in [6.45, 7) is 12.6. The Morgan fingerprint density at radius 3 is 1.49 bits per heavy atom. The third-order valence-electron chi connectivity index (χ3n) is 15.4. The molecule has 0 saturated heterocycles. The number of thiophene rings is 2. The Balaban J connectivity index is 0.000000165. The number of hydrogen-bond acceptors (Lipinski definition) is 10. The van der Waals surface area contributed by atoms with Gasteiger partial charge in [0.15, 0.2) is 0 Å². The first-order chi connectivity index (χ1) is 36.2. The minimum Gasteiger partial charge on any atom is -0.508 e. The predicted octanol–water partition coefficient (Wildman–Crippen LogP) is 13.6. The zero-order chi connectivity index (χ0) is 52.1. The van der Waals surface area contributed by atoms with Gasteiger partial charge in [-0.15, -0.1) is 35.1 Å². The summed E-state index contributed by atoms with van der Waals surface area (Å²) in [6, 6.07) is 35.6. The zero-order valence-electron chi connectivity index (χ0n) is 45.9. The highest BCUT2D eigenvalue weighted by Gasteiger charge is 2.27. The number of ketones is 1. The van der Waals surface area contributed by atoms with Gasteiger partial charge in [0.1, 0.15) is 28.8 Å². The van der Waals surface area contributed by atoms with Gasteiger partial charge in [-0.05, 0) is 208 Å². The molecular weight excluding hydrogens is 990 g/mol. The Labute approximate surface area is 464 Å². The summed E-state index contributed by atoms with van der Waals surface area (Å²) in [7, 11) is 5.22. The number of phenolic OH excluding ortho intramolecular Hbond substituents is 1. The topological polar surface area (TPSA) is 83.5 Å². The highest BCUT2D eigenvalue weighted by molar-refractivity contribution is 7.10. The van der Waals surface area contributed by atoms with E-state index in [2.05, 4.69) is 113 Å². The lowest BCUT2D eigenvalue weighted by molar-refractivity contribution is -0.118. The smallest absolute Gasteiger partial charge is 0.137 e. The number of ether oxygens (including phenoxy) is 3. The molecule has 2 heterocycles. The maximum atomic E-state index is 11.2. The molecule has 4 aliphatic carbocycles. The van der Waals surface area contributed by atoms with Crippen LogP contribution in [0.5, 0.6) is 23.0 Å². The number of nitrogens with one attached hydrogen (secondary N) is 1. The van der Waals surface area contributed by atoms with E-state index in [1.165, 1.54) is 107 Å². The van der Waals surface area contributed by atoms with Crippen LogP contribution < -0.4 is 19.5 Å². The Morgan fingerprint density at radius 2 is 1.00 bits per heavy atom. The second kappa shape index (κ2) is 31.5. The molecule has 406 valence electrons. The standard InChI is InChI=1S/C20H27NOS.C19H25NOS.C14H21NO.C11H12O2.ClH/c1-3-12-21(13-11-18-7-5-14-23-18)17-9-10-19-16(15-17)6-4-8-20(19)22-2;1-2-11-20(12-10-17-6-4-13-22-17)16-8-9-18-15(14-16)5-3-7-19(18)21;1-3-9-15-12-7-8-13-11(10-12)5-4-6-14(13)16-2;1-13-11-4-2-3-8-7-9(12)5-6-10(8)11;/h4-8,14,17H,3,9-13,15H2,1-2H3;3-7,13,16,21H,2,8-12,14H2,1H3;4-6,12,15H,3,7-10H2,1-2H3;2-4H,5-7H2,1H3;1H. The van der Waals surface area contributed by atoms with Crippen LogP contribution in [-0.2, 0) is 69.0 Å². The number of phenols is 1. The van der Waals surface area contributed by atoms with Crippen molar-refractivity contribution >= 4 is 40.9 Å². The molecule has 0 bridgehead atoms. The predicted molar refractivity (Wildman–Crippen MR) is 317 cm³/mol. The molecule has 10 rings (SSSR count). The average Bonchev–Trinajstić information content (AvgIpc) is 4.18. The maximum Gasteiger partial charge on any atom is 0.137 e. The van der Waals surface area contributed by atoms with E-state index >= 15 is 0 Å². The van der Waals surface area contributed by atoms with E-state index in [1.54, 1.807) is 21.3 Å². The number of hydrogen-bond donors (Lipinski definition) is 2. The van der Waals surface area contributed by atoms with Crippen molar-refractivity contribution in [3.8, 4) is 23.0 Å². The summed E-state index contributed by atoms with van der Waals surface area (Å²) in [5, 5.41) is 18.0. The third kappa shape index (κ3) is 17.2. The van der Waals surface area contributed by atoms with E-state index in [0.717, 1.165) is 93.7 Å². The molecule has 0 spiro atoms. The molecule has 3 unspecified atom stereocenters. The van der Waals surface area contributed by atoms with E-state index in [1.807, 2.05) is 53.0 Å². The van der Waals surface area contributed by atoms with Crippen LogP contribution in [0.4, 0.5) is 0 Å². The molecule has 0 fully saturated rings. The van der Waals surface area contributed by atoms with Gasteiger partial charge >= 0.3 is 0 Å². The number of rotatable bonds is 18. The quantitative estimate of drug-likeness (QED) is 0.0881. The van der Waals surface area contributed by atoms with Crippen molar-refractivity contribution in [1.29, 1.82) is 0 Å². The fourth-order valence-electron chi connectivity index (χ4n) is 11.6. The van der Waals surface area contributed by atoms with E-state index < -0.39 is 0 Å². The molecule has 6 aromatic rings. The Bertz CT molecular complexity index is 2600. The van der Waals surface area contributed by atoms with Crippen molar-refractivity contribution in [3.63, 3.8) is 0 Å². The summed E-state index contributed by atoms with van der Waals surface area (Å²) in [6.07, 6.45) is 18.4. The molecule has 2 aromatic heterocycles. The molecule has 0 aliphatic heterocycles. The highest BCUT2D eigenvalue weighted by atomic mass is 35.5. The van der Waals surface area contributed by atoms with Gasteiger partial charge in [0.2, 0.25) is 0 Å². The van der Waals surface area contributed by atoms with Gasteiger partial charge in [-0.25, -0.2) is 0 Å². The molecule has 4 aliphatic rings. The molecule has 4 aromatic carbocycles. The molecule has 2 N–H and O–H groups in total. The lowest BCUT2D eigenvalue weighted by atomic mass is 9.86. The minimum absolute atomic E-state index is 0. The Kier molecular flexibility index (Phi) is 25.0. The molecule has 0 amide bonds. The first-order valence-corrected chi connectivity index (χ1v) is 29.5. The normalized spacial score (nSPS) is 17.2. The first-order valence-electron chi connectivity index (χ1n) is 27.8. The molecule has 8 nitrogen and oxygen atoms in total. The van der Waals surface area contributed by atoms with E-state index in [-0.39, 0.29) is 12.4 Å². The van der Waals surface area contributed by atoms with Gasteiger partial charge in [0.25, 0.3) is 0 Å². The fourth-order valence-corrected chi connectivity index (χ4v) is 13.0. The Morgan fingerprint density at radius 1 is 0.533 bits per heavy atom. The van der Waals surface area contributed by atoms with Crippen LogP contribution >= 0.6 is 35.1 Å². The van der Waals surface area contributed by atoms with E-state index in [0.29, 0.717) is 42.5 Å². The molecule has 75 heavy (non-hydrogen) atoms. The number of benzene rings is 4. The number of halogens is 1. The highest BCUT2D eigenvalue weighted by Crippen LogP contribution is 2.34. The van der Waals surface area contributed by atoms with E-state index in [9.17, 15) is 9.90 Å². The van der Waals surface area contributed by atoms with Crippen molar-refractivity contribution in [3.05, 3.63) is 162 Å². The van der Waals surface area contributed by atoms with Crippen LogP contribution in [0, 0.1) is 0 Å². The third-order valence-corrected chi connectivity index (χ3v) is 17.3. The summed E-state index contributed by atoms with van der Waals surface area (Å²) in [5.74, 6) is 3.87. The van der Waals surface area contributed by atoms with Crippen LogP contribution in [0.2, 0.25) is 0 Å². The summed E-state index contributed by atoms with van der Waals surface area (Å²) in [5.41, 5.74) is 10.7. The van der Waals surface area contributed by atoms with E-state index in [4.69, 9.17) is 14.2 Å². The summed E-state index contributed by atoms with van der Waals surface area (Å²) in [4.78, 5) is 19.5. The van der Waals surface area contributed by atoms with Crippen molar-refractivity contribution in [1.82, 2.24) is 15.1 Å². The lowest BCUT2D eigenvalue weighted by Gasteiger charge is -2.35. The average molecular weight is 1080 g/mol. The SMILES string of the molecule is CCCN(CCc1cccs1)C1CCc2c(O)cccc2C1.CCCN(CCc1cccs1)C1CCc2c(cccc2OC)C1.CCCNC1CCc2c(cccc2OC)C1.COc1cccc2c1CCC(=O)C2.Cl. The van der Waals surface area contributed by atoms with Crippen LogP contribution in [0.15, 0.2) is 108 Å². The van der Waals surface area contributed by atoms with Crippen LogP contribution in [-0.4, -0.2) is 92.9 Å². The van der Waals surface area contributed by atoms with Gasteiger partial charge in [-0.2, -0.15) is 0 Å². The summed E-state index contributed by atoms with van der Waals surface area (Å²) >= 11 is 3.74. The first kappa shape index (κ1) is 59.6. The second-order valence-electron chi connectivity index (χ2n) is 20.3. The van der Waals surface area contributed by atoms with Gasteiger partial charge in [0.05, 0.1) is 21.3 Å². The number of Topliss-reactive ketones (excluding diaryl/α,β-unsaturated/α-hetero) is 1. The number of nitrogens with zero attached hydrogens (tertiary/aromatic N) is 2. The fraction of sp³-hybridized carbons (Fsp3) is 0.484. The zero-order valence-corrected chi connectivity index (χ0v) is 48.3. The maximum absolute atomic E-state index is 11.2. The van der Waals surface area contributed by atoms with Crippen molar-refractivity contribution in [2.24, 2.45) is 0 Å². The largest absolute Gasteiger partial charge is 0.508 e. The minimum atomic E-state index is 0. The van der Waals surface area contributed by atoms with Crippen molar-refractivity contribution < 1.29 is 24.1 Å². The molecule has 11 heteroatoms. The molecule has 3 atom stereocenters. The van der Waals surface area contributed by atoms with Crippen LogP contribution in [0.25, 0.3) is 0 Å². The van der Waals surface area contributed by atoms with Crippen LogP contribution in [0.3, 0.4) is 0 Å². The van der Waals surface area contributed by atoms with Crippen molar-refractivity contribution in [2.45, 2.75) is 148 Å². The number of carbonyl (C=O) groups excluding carboxylic acids is 1. The van der Waals surface area contributed by atoms with Gasteiger partial charge in [-0.3, -0.25) is 14.6 Å². The summed E-state index contributed by atoms with van der Waals surface area (Å²) < 4.78 is 16.2. The van der Waals surface area contributed by atoms with Gasteiger partial charge < -0.3 is 24.6 Å². The monoisotopic (exact) mass is 1080 g/mol. The lowest BCUT2D eigenvalue weighted by Crippen LogP contribution is -2.41. The number of carbonyl (C=O) groups is 1. The second-order valence-corrected chi connectivity index (χ2v) is 22.4. The number of methoxy groups -OCH3 is 3. The molecular formula is C64H86ClN3O5S2. The van der Waals surface area contributed by atoms with Gasteiger partial charge in [0, 0.05) is 53.8 Å². The molecule has 0 saturated carbocycles. The van der Waals surface area contributed by atoms with Crippen LogP contribution in [0.1, 0.15) is 120 Å². The number of fused-ring (bicyclic) bond motifs is 4.